The lowest BCUT2D eigenvalue weighted by molar-refractivity contribution is -0.137. The zero-order valence-electron chi connectivity index (χ0n) is 12.2. The van der Waals surface area contributed by atoms with Crippen LogP contribution in [0.5, 0.6) is 0 Å². The number of pyridine rings is 1. The van der Waals surface area contributed by atoms with Gasteiger partial charge in [-0.2, -0.15) is 17.5 Å². The van der Waals surface area contributed by atoms with E-state index in [1.54, 1.807) is 0 Å². The van der Waals surface area contributed by atoms with Crippen LogP contribution in [0.4, 0.5) is 13.2 Å². The lowest BCUT2D eigenvalue weighted by Crippen LogP contribution is -2.40. The molecule has 0 spiro atoms. The SMILES string of the molecule is O=S(=O)(c1cnc2ccc(C(F)(F)F)cc2c1Cl)N1CCOCC1. The first kappa shape index (κ1) is 17.4. The van der Waals surface area contributed by atoms with E-state index in [0.717, 1.165) is 24.4 Å². The summed E-state index contributed by atoms with van der Waals surface area (Å²) in [7, 11) is -3.95. The lowest BCUT2D eigenvalue weighted by atomic mass is 10.1. The Hall–Kier alpha value is -1.42. The van der Waals surface area contributed by atoms with Crippen LogP contribution in [0.1, 0.15) is 5.56 Å². The van der Waals surface area contributed by atoms with Crippen LogP contribution >= 0.6 is 11.6 Å². The lowest BCUT2D eigenvalue weighted by Gasteiger charge is -2.26. The van der Waals surface area contributed by atoms with Crippen LogP contribution in [-0.4, -0.2) is 44.0 Å². The summed E-state index contributed by atoms with van der Waals surface area (Å²) >= 11 is 6.12. The van der Waals surface area contributed by atoms with Crippen LogP contribution in [0, 0.1) is 0 Å². The molecule has 0 atom stereocenters. The van der Waals surface area contributed by atoms with Gasteiger partial charge in [0.05, 0.1) is 29.3 Å². The third kappa shape index (κ3) is 3.08. The molecular weight excluding hydrogens is 369 g/mol. The van der Waals surface area contributed by atoms with Crippen molar-refractivity contribution in [3.63, 3.8) is 0 Å². The standard InChI is InChI=1S/C14H12ClF3N2O3S/c15-13-10-7-9(14(16,17)18)1-2-11(10)19-8-12(13)24(21,22)20-3-5-23-6-4-20/h1-2,7-8H,3-6H2. The van der Waals surface area contributed by atoms with Gasteiger partial charge in [0.25, 0.3) is 0 Å². The Morgan fingerprint density at radius 3 is 2.50 bits per heavy atom. The Morgan fingerprint density at radius 1 is 1.21 bits per heavy atom. The summed E-state index contributed by atoms with van der Waals surface area (Å²) in [5.41, 5.74) is -0.728. The van der Waals surface area contributed by atoms with Gasteiger partial charge < -0.3 is 4.74 Å². The molecule has 2 aromatic rings. The van der Waals surface area contributed by atoms with Crippen molar-refractivity contribution < 1.29 is 26.3 Å². The quantitative estimate of drug-likeness (QED) is 0.803. The molecule has 130 valence electrons. The molecule has 0 bridgehead atoms. The molecule has 1 saturated heterocycles. The topological polar surface area (TPSA) is 59.5 Å². The molecule has 0 unspecified atom stereocenters. The Morgan fingerprint density at radius 2 is 1.88 bits per heavy atom. The van der Waals surface area contributed by atoms with Crippen LogP contribution in [-0.2, 0) is 20.9 Å². The van der Waals surface area contributed by atoms with Gasteiger partial charge in [0.1, 0.15) is 4.90 Å². The maximum Gasteiger partial charge on any atom is 0.416 e. The van der Waals surface area contributed by atoms with E-state index in [1.807, 2.05) is 0 Å². The number of hydrogen-bond acceptors (Lipinski definition) is 4. The van der Waals surface area contributed by atoms with E-state index in [-0.39, 0.29) is 47.1 Å². The Balaban J connectivity index is 2.14. The van der Waals surface area contributed by atoms with Crippen LogP contribution in [0.15, 0.2) is 29.3 Å². The fourth-order valence-electron chi connectivity index (χ4n) is 2.42. The van der Waals surface area contributed by atoms with Gasteiger partial charge in [-0.05, 0) is 18.2 Å². The highest BCUT2D eigenvalue weighted by Crippen LogP contribution is 2.35. The van der Waals surface area contributed by atoms with Crippen molar-refractivity contribution in [2.24, 2.45) is 0 Å². The molecule has 1 aromatic heterocycles. The average molecular weight is 381 g/mol. The molecule has 3 rings (SSSR count). The monoisotopic (exact) mass is 380 g/mol. The molecule has 5 nitrogen and oxygen atoms in total. The first-order chi connectivity index (χ1) is 11.2. The van der Waals surface area contributed by atoms with E-state index in [1.165, 1.54) is 4.31 Å². The number of alkyl halides is 3. The minimum absolute atomic E-state index is 0.0548. The summed E-state index contributed by atoms with van der Waals surface area (Å²) in [4.78, 5) is 3.63. The number of hydrogen-bond donors (Lipinski definition) is 0. The number of halogens is 4. The van der Waals surface area contributed by atoms with Crippen molar-refractivity contribution >= 4 is 32.5 Å². The zero-order chi connectivity index (χ0) is 17.5. The van der Waals surface area contributed by atoms with Gasteiger partial charge in [0, 0.05) is 24.7 Å². The molecule has 0 saturated carbocycles. The Bertz CT molecular complexity index is 881. The van der Waals surface area contributed by atoms with Gasteiger partial charge >= 0.3 is 6.18 Å². The van der Waals surface area contributed by atoms with Crippen molar-refractivity contribution in [2.45, 2.75) is 11.1 Å². The minimum Gasteiger partial charge on any atom is -0.379 e. The van der Waals surface area contributed by atoms with E-state index in [0.29, 0.717) is 0 Å². The molecule has 24 heavy (non-hydrogen) atoms. The summed E-state index contributed by atoms with van der Waals surface area (Å²) < 4.78 is 70.2. The normalized spacial score (nSPS) is 17.3. The maximum absolute atomic E-state index is 12.9. The predicted octanol–water partition coefficient (Wildman–Crippen LogP) is 2.93. The van der Waals surface area contributed by atoms with E-state index in [4.69, 9.17) is 16.3 Å². The minimum atomic E-state index is -4.56. The number of benzene rings is 1. The molecular formula is C14H12ClF3N2O3S. The Labute approximate surface area is 141 Å². The molecule has 0 radical (unpaired) electrons. The Kier molecular flexibility index (Phi) is 4.45. The molecule has 2 heterocycles. The molecule has 0 amide bonds. The first-order valence-electron chi connectivity index (χ1n) is 6.94. The van der Waals surface area contributed by atoms with Gasteiger partial charge in [-0.25, -0.2) is 8.42 Å². The van der Waals surface area contributed by atoms with Gasteiger partial charge in [-0.1, -0.05) is 11.6 Å². The number of sulfonamides is 1. The molecule has 10 heteroatoms. The fourth-order valence-corrected chi connectivity index (χ4v) is 4.35. The largest absolute Gasteiger partial charge is 0.416 e. The highest BCUT2D eigenvalue weighted by molar-refractivity contribution is 7.89. The number of aromatic nitrogens is 1. The summed E-state index contributed by atoms with van der Waals surface area (Å²) in [5, 5.41) is -0.321. The van der Waals surface area contributed by atoms with Crippen molar-refractivity contribution in [1.82, 2.24) is 9.29 Å². The van der Waals surface area contributed by atoms with Crippen molar-refractivity contribution in [1.29, 1.82) is 0 Å². The average Bonchev–Trinajstić information content (AvgIpc) is 2.54. The summed E-state index contributed by atoms with van der Waals surface area (Å²) in [6.45, 7) is 0.796. The number of morpholine rings is 1. The third-order valence-corrected chi connectivity index (χ3v) is 6.12. The number of nitrogens with zero attached hydrogens (tertiary/aromatic N) is 2. The molecule has 0 N–H and O–H groups in total. The second-order valence-corrected chi connectivity index (χ2v) is 7.47. The van der Waals surface area contributed by atoms with Crippen LogP contribution < -0.4 is 0 Å². The highest BCUT2D eigenvalue weighted by Gasteiger charge is 2.32. The van der Waals surface area contributed by atoms with Crippen molar-refractivity contribution in [3.8, 4) is 0 Å². The molecule has 1 fully saturated rings. The molecule has 1 aromatic carbocycles. The van der Waals surface area contributed by atoms with E-state index in [2.05, 4.69) is 4.98 Å². The first-order valence-corrected chi connectivity index (χ1v) is 8.76. The van der Waals surface area contributed by atoms with E-state index < -0.39 is 21.8 Å². The van der Waals surface area contributed by atoms with Crippen LogP contribution in [0.3, 0.4) is 0 Å². The smallest absolute Gasteiger partial charge is 0.379 e. The third-order valence-electron chi connectivity index (χ3n) is 3.69. The fraction of sp³-hybridized carbons (Fsp3) is 0.357. The van der Waals surface area contributed by atoms with Gasteiger partial charge in [-0.3, -0.25) is 4.98 Å². The molecule has 1 aliphatic heterocycles. The second kappa shape index (κ2) is 6.14. The zero-order valence-corrected chi connectivity index (χ0v) is 13.7. The van der Waals surface area contributed by atoms with Gasteiger partial charge in [0.15, 0.2) is 0 Å². The van der Waals surface area contributed by atoms with Crippen LogP contribution in [0.25, 0.3) is 10.9 Å². The maximum atomic E-state index is 12.9. The molecule has 1 aliphatic rings. The van der Waals surface area contributed by atoms with E-state index in [9.17, 15) is 21.6 Å². The van der Waals surface area contributed by atoms with Gasteiger partial charge in [0.2, 0.25) is 10.0 Å². The summed E-state index contributed by atoms with van der Waals surface area (Å²) in [6, 6.07) is 2.85. The van der Waals surface area contributed by atoms with Crippen molar-refractivity contribution in [3.05, 3.63) is 35.0 Å². The van der Waals surface area contributed by atoms with Crippen LogP contribution in [0.2, 0.25) is 5.02 Å². The summed E-state index contributed by atoms with van der Waals surface area (Å²) in [5.74, 6) is 0. The van der Waals surface area contributed by atoms with Crippen molar-refractivity contribution in [2.75, 3.05) is 26.3 Å². The predicted molar refractivity (Wildman–Crippen MR) is 81.3 cm³/mol. The second-order valence-electron chi connectivity index (χ2n) is 5.18. The summed E-state index contributed by atoms with van der Waals surface area (Å²) in [6.07, 6.45) is -3.49. The highest BCUT2D eigenvalue weighted by atomic mass is 35.5. The van der Waals surface area contributed by atoms with E-state index >= 15 is 0 Å². The number of fused-ring (bicyclic) bond motifs is 1. The van der Waals surface area contributed by atoms with Gasteiger partial charge in [-0.15, -0.1) is 0 Å². The number of ether oxygens (including phenoxy) is 1. The number of rotatable bonds is 2. The molecule has 0 aliphatic carbocycles.